The highest BCUT2D eigenvalue weighted by atomic mass is 19.1. The quantitative estimate of drug-likeness (QED) is 0.643. The van der Waals surface area contributed by atoms with Crippen LogP contribution in [0, 0.1) is 15.9 Å². The summed E-state index contributed by atoms with van der Waals surface area (Å²) in [7, 11) is 0. The summed E-state index contributed by atoms with van der Waals surface area (Å²) in [4.78, 5) is 12.4. The molecule has 1 aliphatic rings. The van der Waals surface area contributed by atoms with Gasteiger partial charge >= 0.3 is 5.69 Å². The Morgan fingerprint density at radius 2 is 2.27 bits per heavy atom. The van der Waals surface area contributed by atoms with Crippen LogP contribution >= 0.6 is 0 Å². The maximum absolute atomic E-state index is 13.4. The molecule has 1 aromatic carbocycles. The van der Waals surface area contributed by atoms with E-state index in [2.05, 4.69) is 16.9 Å². The van der Waals surface area contributed by atoms with Crippen molar-refractivity contribution in [3.05, 3.63) is 57.7 Å². The molecule has 2 heterocycles. The van der Waals surface area contributed by atoms with Gasteiger partial charge in [-0.15, -0.1) is 0 Å². The lowest BCUT2D eigenvalue weighted by molar-refractivity contribution is -0.385. The minimum atomic E-state index is -0.452. The maximum atomic E-state index is 13.4. The van der Waals surface area contributed by atoms with E-state index in [1.54, 1.807) is 10.7 Å². The van der Waals surface area contributed by atoms with Crippen LogP contribution in [0.5, 0.6) is 0 Å². The Kier molecular flexibility index (Phi) is 3.89. The standard InChI is InChI=1S/C15H17FN4O2/c1-11-15-8-13(16)3-2-12(15)4-5-18(11)6-7-19-10-14(9-17-19)20(21)22/h2-3,8-11H,4-7H2,1H3/t11-/m0/s1. The van der Waals surface area contributed by atoms with Gasteiger partial charge in [0.15, 0.2) is 0 Å². The van der Waals surface area contributed by atoms with Crippen LogP contribution in [0.4, 0.5) is 10.1 Å². The van der Waals surface area contributed by atoms with Gasteiger partial charge in [-0.3, -0.25) is 19.7 Å². The number of rotatable bonds is 4. The van der Waals surface area contributed by atoms with Gasteiger partial charge in [0.25, 0.3) is 0 Å². The first kappa shape index (κ1) is 14.6. The van der Waals surface area contributed by atoms with E-state index in [1.165, 1.54) is 24.0 Å². The molecule has 0 aliphatic carbocycles. The minimum absolute atomic E-state index is 0.000825. The number of fused-ring (bicyclic) bond motifs is 1. The molecule has 0 saturated heterocycles. The molecule has 6 nitrogen and oxygen atoms in total. The molecular formula is C15H17FN4O2. The minimum Gasteiger partial charge on any atom is -0.294 e. The van der Waals surface area contributed by atoms with E-state index >= 15 is 0 Å². The maximum Gasteiger partial charge on any atom is 0.306 e. The Morgan fingerprint density at radius 1 is 1.45 bits per heavy atom. The normalized spacial score (nSPS) is 18.2. The second kappa shape index (κ2) is 5.84. The molecule has 3 rings (SSSR count). The molecule has 0 radical (unpaired) electrons. The van der Waals surface area contributed by atoms with Crippen LogP contribution in [-0.4, -0.2) is 32.7 Å². The molecule has 0 saturated carbocycles. The second-order valence-corrected chi connectivity index (χ2v) is 5.52. The summed E-state index contributed by atoms with van der Waals surface area (Å²) in [6.45, 7) is 4.24. The largest absolute Gasteiger partial charge is 0.306 e. The Bertz CT molecular complexity index is 701. The molecule has 2 aromatic rings. The third kappa shape index (κ3) is 2.85. The monoisotopic (exact) mass is 304 g/mol. The van der Waals surface area contributed by atoms with Gasteiger partial charge in [0.05, 0.1) is 11.5 Å². The number of hydrogen-bond acceptors (Lipinski definition) is 4. The predicted molar refractivity (Wildman–Crippen MR) is 79.0 cm³/mol. The molecule has 1 atom stereocenters. The third-order valence-corrected chi connectivity index (χ3v) is 4.22. The predicted octanol–water partition coefficient (Wildman–Crippen LogP) is 2.55. The molecule has 0 bridgehead atoms. The SMILES string of the molecule is C[C@H]1c2cc(F)ccc2CCN1CCn1cc([N+](=O)[O-])cn1. The molecule has 0 unspecified atom stereocenters. The zero-order chi connectivity index (χ0) is 15.7. The van der Waals surface area contributed by atoms with Crippen molar-refractivity contribution in [2.45, 2.75) is 25.9 Å². The number of hydrogen-bond donors (Lipinski definition) is 0. The molecular weight excluding hydrogens is 287 g/mol. The fourth-order valence-corrected chi connectivity index (χ4v) is 2.94. The van der Waals surface area contributed by atoms with Gasteiger partial charge < -0.3 is 0 Å². The van der Waals surface area contributed by atoms with Crippen molar-refractivity contribution in [1.29, 1.82) is 0 Å². The van der Waals surface area contributed by atoms with Crippen LogP contribution < -0.4 is 0 Å². The van der Waals surface area contributed by atoms with Crippen molar-refractivity contribution in [2.24, 2.45) is 0 Å². The average molecular weight is 304 g/mol. The van der Waals surface area contributed by atoms with Crippen LogP contribution in [0.15, 0.2) is 30.6 Å². The summed E-state index contributed by atoms with van der Waals surface area (Å²) in [5, 5.41) is 14.6. The lowest BCUT2D eigenvalue weighted by atomic mass is 9.93. The summed E-state index contributed by atoms with van der Waals surface area (Å²) >= 11 is 0. The number of aromatic nitrogens is 2. The molecule has 1 aromatic heterocycles. The highest BCUT2D eigenvalue weighted by molar-refractivity contribution is 5.32. The van der Waals surface area contributed by atoms with E-state index in [0.717, 1.165) is 25.1 Å². The smallest absolute Gasteiger partial charge is 0.294 e. The van der Waals surface area contributed by atoms with Crippen LogP contribution in [0.1, 0.15) is 24.1 Å². The van der Waals surface area contributed by atoms with Crippen molar-refractivity contribution in [3.63, 3.8) is 0 Å². The van der Waals surface area contributed by atoms with Crippen LogP contribution in [-0.2, 0) is 13.0 Å². The lowest BCUT2D eigenvalue weighted by Crippen LogP contribution is -2.36. The molecule has 116 valence electrons. The Hall–Kier alpha value is -2.28. The van der Waals surface area contributed by atoms with E-state index in [-0.39, 0.29) is 17.5 Å². The van der Waals surface area contributed by atoms with E-state index < -0.39 is 4.92 Å². The summed E-state index contributed by atoms with van der Waals surface area (Å²) < 4.78 is 15.0. The van der Waals surface area contributed by atoms with E-state index in [9.17, 15) is 14.5 Å². The molecule has 0 amide bonds. The summed E-state index contributed by atoms with van der Waals surface area (Å²) in [6, 6.07) is 5.09. The van der Waals surface area contributed by atoms with Crippen LogP contribution in [0.2, 0.25) is 0 Å². The fraction of sp³-hybridized carbons (Fsp3) is 0.400. The van der Waals surface area contributed by atoms with Crippen molar-refractivity contribution in [1.82, 2.24) is 14.7 Å². The molecule has 0 fully saturated rings. The zero-order valence-corrected chi connectivity index (χ0v) is 12.3. The Morgan fingerprint density at radius 3 is 3.00 bits per heavy atom. The number of benzene rings is 1. The first-order valence-corrected chi connectivity index (χ1v) is 7.24. The van der Waals surface area contributed by atoms with E-state index in [1.807, 2.05) is 6.07 Å². The van der Waals surface area contributed by atoms with Gasteiger partial charge in [-0.1, -0.05) is 6.07 Å². The van der Waals surface area contributed by atoms with Crippen molar-refractivity contribution < 1.29 is 9.31 Å². The highest BCUT2D eigenvalue weighted by Crippen LogP contribution is 2.29. The van der Waals surface area contributed by atoms with E-state index in [4.69, 9.17) is 0 Å². The van der Waals surface area contributed by atoms with Crippen molar-refractivity contribution >= 4 is 5.69 Å². The first-order valence-electron chi connectivity index (χ1n) is 7.24. The van der Waals surface area contributed by atoms with E-state index in [0.29, 0.717) is 6.54 Å². The number of nitrogens with zero attached hydrogens (tertiary/aromatic N) is 4. The van der Waals surface area contributed by atoms with Crippen LogP contribution in [0.25, 0.3) is 0 Å². The first-order chi connectivity index (χ1) is 10.5. The van der Waals surface area contributed by atoms with Crippen molar-refractivity contribution in [3.8, 4) is 0 Å². The Labute approximate surface area is 127 Å². The van der Waals surface area contributed by atoms with Gasteiger partial charge in [-0.25, -0.2) is 4.39 Å². The molecule has 22 heavy (non-hydrogen) atoms. The van der Waals surface area contributed by atoms with Gasteiger partial charge in [0.1, 0.15) is 18.2 Å². The zero-order valence-electron chi connectivity index (χ0n) is 12.3. The number of halogens is 1. The third-order valence-electron chi connectivity index (χ3n) is 4.22. The molecule has 0 spiro atoms. The number of nitro groups is 1. The van der Waals surface area contributed by atoms with Crippen LogP contribution in [0.3, 0.4) is 0 Å². The summed E-state index contributed by atoms with van der Waals surface area (Å²) in [5.74, 6) is -0.213. The molecule has 0 N–H and O–H groups in total. The average Bonchev–Trinajstić information content (AvgIpc) is 2.96. The van der Waals surface area contributed by atoms with Gasteiger partial charge in [-0.2, -0.15) is 5.10 Å². The highest BCUT2D eigenvalue weighted by Gasteiger charge is 2.24. The fourth-order valence-electron chi connectivity index (χ4n) is 2.94. The topological polar surface area (TPSA) is 64.2 Å². The van der Waals surface area contributed by atoms with Gasteiger partial charge in [0.2, 0.25) is 0 Å². The summed E-state index contributed by atoms with van der Waals surface area (Å²) in [6.07, 6.45) is 3.58. The molecule has 1 aliphatic heterocycles. The Balaban J connectivity index is 1.67. The van der Waals surface area contributed by atoms with Gasteiger partial charge in [0, 0.05) is 19.1 Å². The van der Waals surface area contributed by atoms with Gasteiger partial charge in [-0.05, 0) is 36.6 Å². The van der Waals surface area contributed by atoms with Crippen molar-refractivity contribution in [2.75, 3.05) is 13.1 Å². The lowest BCUT2D eigenvalue weighted by Gasteiger charge is -2.35. The molecule has 7 heteroatoms. The second-order valence-electron chi connectivity index (χ2n) is 5.52. The summed E-state index contributed by atoms with van der Waals surface area (Å²) in [5.41, 5.74) is 2.22.